The van der Waals surface area contributed by atoms with Gasteiger partial charge >= 0.3 is 0 Å². The smallest absolute Gasteiger partial charge is 0.241 e. The van der Waals surface area contributed by atoms with Gasteiger partial charge in [0.2, 0.25) is 5.91 Å². The Hall–Kier alpha value is -1.35. The van der Waals surface area contributed by atoms with E-state index in [1.165, 1.54) is 6.42 Å². The van der Waals surface area contributed by atoms with Gasteiger partial charge in [-0.2, -0.15) is 0 Å². The number of para-hydroxylation sites is 1. The number of ether oxygens (including phenoxy) is 1. The molecule has 0 bridgehead atoms. The van der Waals surface area contributed by atoms with Gasteiger partial charge in [0.25, 0.3) is 0 Å². The van der Waals surface area contributed by atoms with Crippen molar-refractivity contribution in [2.24, 2.45) is 4.99 Å². The second-order valence-electron chi connectivity index (χ2n) is 5.52. The van der Waals surface area contributed by atoms with Gasteiger partial charge in [0.1, 0.15) is 6.54 Å². The lowest BCUT2D eigenvalue weighted by atomic mass is 10.1. The highest BCUT2D eigenvalue weighted by molar-refractivity contribution is 14.0. The number of nitrogens with zero attached hydrogens (tertiary/aromatic N) is 2. The van der Waals surface area contributed by atoms with Crippen LogP contribution >= 0.6 is 24.0 Å². The largest absolute Gasteiger partial charge is 0.383 e. The van der Waals surface area contributed by atoms with Gasteiger partial charge in [-0.3, -0.25) is 4.79 Å². The third-order valence-electron chi connectivity index (χ3n) is 3.69. The molecule has 1 heterocycles. The van der Waals surface area contributed by atoms with Crippen molar-refractivity contribution < 1.29 is 9.53 Å². The molecule has 0 atom stereocenters. The lowest BCUT2D eigenvalue weighted by Gasteiger charge is -2.30. The molecule has 1 aliphatic rings. The number of aliphatic imine (C=N–C) groups is 1. The predicted octanol–water partition coefficient (Wildman–Crippen LogP) is 2.32. The van der Waals surface area contributed by atoms with Crippen molar-refractivity contribution in [1.82, 2.24) is 10.2 Å². The number of guanidine groups is 1. The Morgan fingerprint density at radius 1 is 1.21 bits per heavy atom. The number of rotatable bonds is 6. The van der Waals surface area contributed by atoms with Crippen LogP contribution in [0, 0.1) is 0 Å². The van der Waals surface area contributed by atoms with E-state index >= 15 is 0 Å². The molecule has 1 aliphatic heterocycles. The van der Waals surface area contributed by atoms with E-state index in [9.17, 15) is 4.79 Å². The Bertz CT molecular complexity index is 505. The minimum absolute atomic E-state index is 0. The highest BCUT2D eigenvalue weighted by Crippen LogP contribution is 2.12. The zero-order valence-electron chi connectivity index (χ0n) is 14.2. The fraction of sp³-hybridized carbons (Fsp3) is 0.529. The highest BCUT2D eigenvalue weighted by Gasteiger charge is 2.15. The second-order valence-corrected chi connectivity index (χ2v) is 5.52. The summed E-state index contributed by atoms with van der Waals surface area (Å²) in [6.07, 6.45) is 3.58. The molecule has 0 aliphatic carbocycles. The van der Waals surface area contributed by atoms with Gasteiger partial charge in [-0.05, 0) is 31.4 Å². The first-order valence-corrected chi connectivity index (χ1v) is 8.16. The molecule has 1 aromatic carbocycles. The van der Waals surface area contributed by atoms with Gasteiger partial charge < -0.3 is 20.3 Å². The molecule has 0 radical (unpaired) electrons. The molecule has 1 aromatic rings. The third-order valence-corrected chi connectivity index (χ3v) is 3.69. The lowest BCUT2D eigenvalue weighted by Crippen LogP contribution is -2.41. The number of piperidine rings is 1. The molecule has 6 nitrogen and oxygen atoms in total. The van der Waals surface area contributed by atoms with Crippen molar-refractivity contribution in [2.75, 3.05) is 45.2 Å². The Balaban J connectivity index is 0.00000288. The van der Waals surface area contributed by atoms with Crippen molar-refractivity contribution >= 4 is 41.5 Å². The number of amides is 1. The number of carbonyl (C=O) groups excluding carboxylic acids is 1. The molecule has 2 N–H and O–H groups in total. The van der Waals surface area contributed by atoms with Crippen molar-refractivity contribution in [3.63, 3.8) is 0 Å². The summed E-state index contributed by atoms with van der Waals surface area (Å²) in [6, 6.07) is 9.93. The first-order valence-electron chi connectivity index (χ1n) is 8.16. The maximum Gasteiger partial charge on any atom is 0.241 e. The lowest BCUT2D eigenvalue weighted by molar-refractivity contribution is -0.119. The van der Waals surface area contributed by atoms with Crippen LogP contribution in [0.3, 0.4) is 0 Å². The van der Waals surface area contributed by atoms with Crippen molar-refractivity contribution in [3.05, 3.63) is 30.3 Å². The minimum Gasteiger partial charge on any atom is -0.383 e. The summed E-state index contributed by atoms with van der Waals surface area (Å²) < 4.78 is 4.92. The monoisotopic (exact) mass is 446 g/mol. The summed E-state index contributed by atoms with van der Waals surface area (Å²) in [5, 5.41) is 6.13. The normalized spacial score (nSPS) is 14.7. The topological polar surface area (TPSA) is 66.0 Å². The Labute approximate surface area is 161 Å². The number of methoxy groups -OCH3 is 1. The maximum atomic E-state index is 11.8. The molecule has 2 rings (SSSR count). The minimum atomic E-state index is -0.0913. The molecule has 1 amide bonds. The molecule has 24 heavy (non-hydrogen) atoms. The van der Waals surface area contributed by atoms with Crippen LogP contribution in [0.2, 0.25) is 0 Å². The van der Waals surface area contributed by atoms with E-state index in [4.69, 9.17) is 4.74 Å². The SMILES string of the molecule is COCCNC(=O)CN=C(Nc1ccccc1)N1CCCCC1.I. The van der Waals surface area contributed by atoms with E-state index in [0.29, 0.717) is 13.2 Å². The van der Waals surface area contributed by atoms with E-state index in [2.05, 4.69) is 20.5 Å². The molecule has 0 unspecified atom stereocenters. The zero-order valence-corrected chi connectivity index (χ0v) is 16.5. The fourth-order valence-electron chi connectivity index (χ4n) is 2.47. The van der Waals surface area contributed by atoms with E-state index in [1.807, 2.05) is 30.3 Å². The molecule has 7 heteroatoms. The van der Waals surface area contributed by atoms with Crippen LogP contribution in [-0.4, -0.2) is 56.7 Å². The van der Waals surface area contributed by atoms with E-state index < -0.39 is 0 Å². The van der Waals surface area contributed by atoms with Gasteiger partial charge in [-0.1, -0.05) is 18.2 Å². The predicted molar refractivity (Wildman–Crippen MR) is 108 cm³/mol. The van der Waals surface area contributed by atoms with Crippen LogP contribution in [0.15, 0.2) is 35.3 Å². The van der Waals surface area contributed by atoms with Crippen molar-refractivity contribution in [3.8, 4) is 0 Å². The average molecular weight is 446 g/mol. The van der Waals surface area contributed by atoms with Gasteiger partial charge in [0.15, 0.2) is 5.96 Å². The van der Waals surface area contributed by atoms with Gasteiger partial charge in [0.05, 0.1) is 6.61 Å². The molecule has 0 spiro atoms. The zero-order chi connectivity index (χ0) is 16.3. The Kier molecular flexibility index (Phi) is 10.4. The van der Waals surface area contributed by atoms with Crippen LogP contribution in [0.25, 0.3) is 0 Å². The number of halogens is 1. The van der Waals surface area contributed by atoms with Crippen molar-refractivity contribution in [1.29, 1.82) is 0 Å². The summed E-state index contributed by atoms with van der Waals surface area (Å²) >= 11 is 0. The van der Waals surface area contributed by atoms with Gasteiger partial charge in [0, 0.05) is 32.4 Å². The highest BCUT2D eigenvalue weighted by atomic mass is 127. The molecule has 1 fully saturated rings. The summed E-state index contributed by atoms with van der Waals surface area (Å²) in [5.74, 6) is 0.684. The average Bonchev–Trinajstić information content (AvgIpc) is 2.60. The van der Waals surface area contributed by atoms with Crippen LogP contribution in [-0.2, 0) is 9.53 Å². The van der Waals surface area contributed by atoms with Crippen LogP contribution in [0.4, 0.5) is 5.69 Å². The van der Waals surface area contributed by atoms with Crippen molar-refractivity contribution in [2.45, 2.75) is 19.3 Å². The second kappa shape index (κ2) is 12.1. The van der Waals surface area contributed by atoms with Crippen LogP contribution < -0.4 is 10.6 Å². The number of nitrogens with one attached hydrogen (secondary N) is 2. The standard InChI is InChI=1S/C17H26N4O2.HI/c1-23-13-10-18-16(22)14-19-17(21-11-6-3-7-12-21)20-15-8-4-2-5-9-15;/h2,4-5,8-9H,3,6-7,10-14H2,1H3,(H,18,22)(H,19,20);1H. The summed E-state index contributed by atoms with van der Waals surface area (Å²) in [6.45, 7) is 3.09. The Morgan fingerprint density at radius 2 is 1.92 bits per heavy atom. The van der Waals surface area contributed by atoms with Crippen LogP contribution in [0.5, 0.6) is 0 Å². The Morgan fingerprint density at radius 3 is 2.58 bits per heavy atom. The fourth-order valence-corrected chi connectivity index (χ4v) is 2.47. The summed E-state index contributed by atoms with van der Waals surface area (Å²) in [7, 11) is 1.61. The van der Waals surface area contributed by atoms with Gasteiger partial charge in [-0.15, -0.1) is 24.0 Å². The molecule has 0 saturated carbocycles. The molecule has 1 saturated heterocycles. The molecular formula is C17H27IN4O2. The maximum absolute atomic E-state index is 11.8. The molecule has 134 valence electrons. The molecule has 0 aromatic heterocycles. The number of hydrogen-bond acceptors (Lipinski definition) is 3. The first kappa shape index (κ1) is 20.7. The molecular weight excluding hydrogens is 419 g/mol. The number of carbonyl (C=O) groups is 1. The first-order chi connectivity index (χ1) is 11.3. The quantitative estimate of drug-likeness (QED) is 0.305. The number of likely N-dealkylation sites (tertiary alicyclic amines) is 1. The number of anilines is 1. The van der Waals surface area contributed by atoms with E-state index in [-0.39, 0.29) is 36.4 Å². The van der Waals surface area contributed by atoms with Crippen LogP contribution in [0.1, 0.15) is 19.3 Å². The van der Waals surface area contributed by atoms with Gasteiger partial charge in [-0.25, -0.2) is 4.99 Å². The summed E-state index contributed by atoms with van der Waals surface area (Å²) in [4.78, 5) is 18.6. The van der Waals surface area contributed by atoms with E-state index in [1.54, 1.807) is 7.11 Å². The number of hydrogen-bond donors (Lipinski definition) is 2. The number of benzene rings is 1. The summed E-state index contributed by atoms with van der Waals surface area (Å²) in [5.41, 5.74) is 0.983. The van der Waals surface area contributed by atoms with E-state index in [0.717, 1.165) is 37.6 Å². The third kappa shape index (κ3) is 7.48.